The van der Waals surface area contributed by atoms with Gasteiger partial charge in [0.15, 0.2) is 17.3 Å². The van der Waals surface area contributed by atoms with E-state index in [0.29, 0.717) is 31.7 Å². The molecule has 6 nitrogen and oxygen atoms in total. The maximum Gasteiger partial charge on any atom is 0.163 e. The first kappa shape index (κ1) is 15.4. The van der Waals surface area contributed by atoms with Crippen LogP contribution in [-0.4, -0.2) is 41.2 Å². The van der Waals surface area contributed by atoms with Crippen molar-refractivity contribution in [2.24, 2.45) is 5.92 Å². The van der Waals surface area contributed by atoms with E-state index >= 15 is 0 Å². The zero-order valence-corrected chi connectivity index (χ0v) is 14.2. The molecule has 3 heterocycles. The summed E-state index contributed by atoms with van der Waals surface area (Å²) in [7, 11) is 0. The Morgan fingerprint density at radius 3 is 2.75 bits per heavy atom. The molecule has 1 aromatic carbocycles. The first-order valence-corrected chi connectivity index (χ1v) is 8.64. The summed E-state index contributed by atoms with van der Waals surface area (Å²) in [6.07, 6.45) is 1.86. The van der Waals surface area contributed by atoms with Gasteiger partial charge in [0.25, 0.3) is 0 Å². The van der Waals surface area contributed by atoms with Crippen molar-refractivity contribution in [2.75, 3.05) is 26.4 Å². The molecule has 0 saturated carbocycles. The van der Waals surface area contributed by atoms with Crippen LogP contribution in [0.25, 0.3) is 5.69 Å². The number of benzene rings is 1. The fourth-order valence-electron chi connectivity index (χ4n) is 3.18. The van der Waals surface area contributed by atoms with Gasteiger partial charge in [-0.3, -0.25) is 0 Å². The quantitative estimate of drug-likeness (QED) is 0.863. The van der Waals surface area contributed by atoms with E-state index < -0.39 is 0 Å². The first-order valence-electron chi connectivity index (χ1n) is 8.64. The maximum absolute atomic E-state index is 5.71. The molecule has 6 heteroatoms. The lowest BCUT2D eigenvalue weighted by atomic mass is 10.1. The third-order valence-corrected chi connectivity index (χ3v) is 4.33. The molecule has 0 radical (unpaired) electrons. The van der Waals surface area contributed by atoms with E-state index in [1.807, 2.05) is 22.9 Å². The van der Waals surface area contributed by atoms with Gasteiger partial charge in [-0.2, -0.15) is 5.10 Å². The second-order valence-electron chi connectivity index (χ2n) is 6.78. The fraction of sp³-hybridized carbons (Fsp3) is 0.556. The summed E-state index contributed by atoms with van der Waals surface area (Å²) in [6.45, 7) is 7.05. The summed E-state index contributed by atoms with van der Waals surface area (Å²) in [5, 5.41) is 4.77. The van der Waals surface area contributed by atoms with Gasteiger partial charge in [0.1, 0.15) is 19.0 Å². The van der Waals surface area contributed by atoms with Crippen molar-refractivity contribution in [1.82, 2.24) is 14.8 Å². The lowest BCUT2D eigenvalue weighted by molar-refractivity contribution is 0.171. The van der Waals surface area contributed by atoms with Gasteiger partial charge in [0, 0.05) is 25.0 Å². The number of aromatic nitrogens is 3. The topological polar surface area (TPSA) is 58.4 Å². The SMILES string of the molecule is CC(C)Cc1nc(C2CCOC2)n(-c2ccc3c(c2)OCCO3)n1. The standard InChI is InChI=1S/C18H23N3O3/c1-12(2)9-17-19-18(13-5-6-22-11-13)21(20-17)14-3-4-15-16(10-14)24-8-7-23-15/h3-4,10,12-13H,5-9,11H2,1-2H3. The van der Waals surface area contributed by atoms with E-state index in [-0.39, 0.29) is 0 Å². The minimum absolute atomic E-state index is 0.298. The normalized spacial score (nSPS) is 19.9. The van der Waals surface area contributed by atoms with E-state index in [2.05, 4.69) is 13.8 Å². The van der Waals surface area contributed by atoms with E-state index in [1.165, 1.54) is 0 Å². The highest BCUT2D eigenvalue weighted by Gasteiger charge is 2.26. The summed E-state index contributed by atoms with van der Waals surface area (Å²) in [4.78, 5) is 4.82. The van der Waals surface area contributed by atoms with Crippen LogP contribution in [0.5, 0.6) is 11.5 Å². The van der Waals surface area contributed by atoms with Crippen LogP contribution in [0.1, 0.15) is 37.8 Å². The van der Waals surface area contributed by atoms with Crippen LogP contribution in [-0.2, 0) is 11.2 Å². The van der Waals surface area contributed by atoms with Crippen molar-refractivity contribution in [3.8, 4) is 17.2 Å². The third-order valence-electron chi connectivity index (χ3n) is 4.33. The number of ether oxygens (including phenoxy) is 3. The fourth-order valence-corrected chi connectivity index (χ4v) is 3.18. The Morgan fingerprint density at radius 1 is 1.17 bits per heavy atom. The summed E-state index contributed by atoms with van der Waals surface area (Å²) in [5.41, 5.74) is 0.962. The van der Waals surface area contributed by atoms with Gasteiger partial charge in [-0.15, -0.1) is 0 Å². The number of rotatable bonds is 4. The van der Waals surface area contributed by atoms with Crippen molar-refractivity contribution in [2.45, 2.75) is 32.6 Å². The molecule has 1 atom stereocenters. The molecule has 1 saturated heterocycles. The molecule has 24 heavy (non-hydrogen) atoms. The van der Waals surface area contributed by atoms with Gasteiger partial charge < -0.3 is 14.2 Å². The molecule has 2 aliphatic heterocycles. The second kappa shape index (κ2) is 6.43. The summed E-state index contributed by atoms with van der Waals surface area (Å²) < 4.78 is 18.8. The molecule has 2 aliphatic rings. The largest absolute Gasteiger partial charge is 0.486 e. The first-order chi connectivity index (χ1) is 11.7. The lowest BCUT2D eigenvalue weighted by Gasteiger charge is -2.19. The number of hydrogen-bond acceptors (Lipinski definition) is 5. The van der Waals surface area contributed by atoms with Crippen molar-refractivity contribution < 1.29 is 14.2 Å². The molecule has 128 valence electrons. The molecule has 2 aromatic rings. The average Bonchev–Trinajstić information content (AvgIpc) is 3.23. The van der Waals surface area contributed by atoms with Crippen LogP contribution in [0, 0.1) is 5.92 Å². The molecule has 1 aromatic heterocycles. The predicted octanol–water partition coefficient (Wildman–Crippen LogP) is 2.74. The highest BCUT2D eigenvalue weighted by atomic mass is 16.6. The summed E-state index contributed by atoms with van der Waals surface area (Å²) >= 11 is 0. The van der Waals surface area contributed by atoms with Gasteiger partial charge in [-0.05, 0) is 24.5 Å². The number of hydrogen-bond donors (Lipinski definition) is 0. The summed E-state index contributed by atoms with van der Waals surface area (Å²) in [6, 6.07) is 5.95. The number of fused-ring (bicyclic) bond motifs is 1. The molecule has 0 spiro atoms. The zero-order valence-electron chi connectivity index (χ0n) is 14.2. The highest BCUT2D eigenvalue weighted by molar-refractivity contribution is 5.49. The lowest BCUT2D eigenvalue weighted by Crippen LogP contribution is -2.16. The minimum atomic E-state index is 0.298. The molecule has 0 aliphatic carbocycles. The molecule has 0 amide bonds. The molecular formula is C18H23N3O3. The van der Waals surface area contributed by atoms with Gasteiger partial charge >= 0.3 is 0 Å². The van der Waals surface area contributed by atoms with Gasteiger partial charge in [-0.25, -0.2) is 9.67 Å². The molecule has 0 N–H and O–H groups in total. The van der Waals surface area contributed by atoms with Crippen molar-refractivity contribution in [3.05, 3.63) is 29.8 Å². The Hall–Kier alpha value is -2.08. The molecule has 1 unspecified atom stereocenters. The van der Waals surface area contributed by atoms with Gasteiger partial charge in [-0.1, -0.05) is 13.8 Å². The Labute approximate surface area is 141 Å². The van der Waals surface area contributed by atoms with E-state index in [0.717, 1.165) is 48.3 Å². The van der Waals surface area contributed by atoms with E-state index in [4.69, 9.17) is 24.3 Å². The Morgan fingerprint density at radius 2 is 2.00 bits per heavy atom. The van der Waals surface area contributed by atoms with Crippen LogP contribution in [0.15, 0.2) is 18.2 Å². The van der Waals surface area contributed by atoms with Crippen molar-refractivity contribution in [3.63, 3.8) is 0 Å². The molecular weight excluding hydrogens is 306 g/mol. The Kier molecular flexibility index (Phi) is 4.14. The van der Waals surface area contributed by atoms with E-state index in [9.17, 15) is 0 Å². The Balaban J connectivity index is 1.73. The Bertz CT molecular complexity index is 720. The van der Waals surface area contributed by atoms with Gasteiger partial charge in [0.2, 0.25) is 0 Å². The predicted molar refractivity (Wildman–Crippen MR) is 89.1 cm³/mol. The minimum Gasteiger partial charge on any atom is -0.486 e. The third kappa shape index (κ3) is 2.98. The zero-order chi connectivity index (χ0) is 16.5. The van der Waals surface area contributed by atoms with Crippen LogP contribution in [0.2, 0.25) is 0 Å². The monoisotopic (exact) mass is 329 g/mol. The van der Waals surface area contributed by atoms with Crippen LogP contribution < -0.4 is 9.47 Å². The van der Waals surface area contributed by atoms with Crippen molar-refractivity contribution in [1.29, 1.82) is 0 Å². The van der Waals surface area contributed by atoms with Gasteiger partial charge in [0.05, 0.1) is 12.3 Å². The van der Waals surface area contributed by atoms with Crippen LogP contribution in [0.3, 0.4) is 0 Å². The smallest absolute Gasteiger partial charge is 0.163 e. The highest BCUT2D eigenvalue weighted by Crippen LogP contribution is 2.33. The van der Waals surface area contributed by atoms with E-state index in [1.54, 1.807) is 0 Å². The maximum atomic E-state index is 5.71. The number of nitrogens with zero attached hydrogens (tertiary/aromatic N) is 3. The average molecular weight is 329 g/mol. The molecule has 4 rings (SSSR count). The van der Waals surface area contributed by atoms with Crippen LogP contribution in [0.4, 0.5) is 0 Å². The summed E-state index contributed by atoms with van der Waals surface area (Å²) in [5.74, 6) is 4.26. The molecule has 1 fully saturated rings. The second-order valence-corrected chi connectivity index (χ2v) is 6.78. The van der Waals surface area contributed by atoms with Crippen LogP contribution >= 0.6 is 0 Å². The van der Waals surface area contributed by atoms with Crippen molar-refractivity contribution >= 4 is 0 Å². The molecule has 0 bridgehead atoms.